The van der Waals surface area contributed by atoms with Crippen molar-refractivity contribution >= 4 is 49.2 Å². The Kier molecular flexibility index (Phi) is 7.67. The molecule has 1 unspecified atom stereocenters. The molecule has 3 aliphatic rings. The van der Waals surface area contributed by atoms with Crippen molar-refractivity contribution in [3.8, 4) is 50.2 Å². The Morgan fingerprint density at radius 2 is 1.00 bits per heavy atom. The highest BCUT2D eigenvalue weighted by Crippen LogP contribution is 2.51. The van der Waals surface area contributed by atoms with Crippen LogP contribution in [-0.2, 0) is 6.54 Å². The van der Waals surface area contributed by atoms with Gasteiger partial charge in [0, 0.05) is 50.8 Å². The van der Waals surface area contributed by atoms with Crippen molar-refractivity contribution in [2.75, 3.05) is 0 Å². The van der Waals surface area contributed by atoms with E-state index in [0.717, 1.165) is 19.4 Å². The summed E-state index contributed by atoms with van der Waals surface area (Å²) in [5, 5.41) is 5.20. The fourth-order valence-electron chi connectivity index (χ4n) is 11.6. The zero-order chi connectivity index (χ0) is 41.9. The highest BCUT2D eigenvalue weighted by atomic mass is 15.0. The lowest BCUT2D eigenvalue weighted by Gasteiger charge is -2.26. The first-order valence-electron chi connectivity index (χ1n) is 22.7. The van der Waals surface area contributed by atoms with Gasteiger partial charge >= 0.3 is 0 Å². The molecular formula is C62H42N2. The molecule has 64 heavy (non-hydrogen) atoms. The Morgan fingerprint density at radius 3 is 1.88 bits per heavy atom. The van der Waals surface area contributed by atoms with Gasteiger partial charge in [0.1, 0.15) is 0 Å². The van der Waals surface area contributed by atoms with Crippen molar-refractivity contribution in [1.29, 1.82) is 0 Å². The van der Waals surface area contributed by atoms with E-state index in [-0.39, 0.29) is 5.92 Å². The third kappa shape index (κ3) is 5.26. The van der Waals surface area contributed by atoms with Gasteiger partial charge < -0.3 is 9.13 Å². The van der Waals surface area contributed by atoms with Crippen LogP contribution in [0.25, 0.3) is 99.4 Å². The first-order valence-corrected chi connectivity index (χ1v) is 22.7. The zero-order valence-electron chi connectivity index (χ0n) is 35.3. The Bertz CT molecular complexity index is 3800. The van der Waals surface area contributed by atoms with E-state index in [2.05, 4.69) is 221 Å². The molecule has 300 valence electrons. The van der Waals surface area contributed by atoms with Crippen LogP contribution in [0.3, 0.4) is 0 Å². The largest absolute Gasteiger partial charge is 0.335 e. The van der Waals surface area contributed by atoms with E-state index < -0.39 is 0 Å². The second-order valence-corrected chi connectivity index (χ2v) is 17.9. The Hall–Kier alpha value is -7.94. The van der Waals surface area contributed by atoms with Crippen LogP contribution in [0.2, 0.25) is 0 Å². The summed E-state index contributed by atoms with van der Waals surface area (Å²) in [6, 6.07) is 75.0. The quantitative estimate of drug-likeness (QED) is 0.164. The third-order valence-electron chi connectivity index (χ3n) is 14.4. The Balaban J connectivity index is 0.875. The summed E-state index contributed by atoms with van der Waals surface area (Å²) in [5.74, 6) is 0.146. The maximum absolute atomic E-state index is 2.57. The molecule has 0 radical (unpaired) electrons. The van der Waals surface area contributed by atoms with Crippen molar-refractivity contribution in [2.24, 2.45) is 0 Å². The van der Waals surface area contributed by atoms with Gasteiger partial charge in [-0.05, 0) is 146 Å². The minimum absolute atomic E-state index is 0.146. The van der Waals surface area contributed by atoms with Crippen LogP contribution in [0, 0.1) is 0 Å². The fraction of sp³-hybridized carbons (Fsp3) is 0.0645. The second-order valence-electron chi connectivity index (χ2n) is 17.9. The number of benzene rings is 9. The molecule has 2 aliphatic carbocycles. The molecule has 1 atom stereocenters. The summed E-state index contributed by atoms with van der Waals surface area (Å²) in [6.45, 7) is 0.924. The maximum Gasteiger partial charge on any atom is 0.0574 e. The minimum Gasteiger partial charge on any atom is -0.335 e. The van der Waals surface area contributed by atoms with Crippen LogP contribution in [0.1, 0.15) is 41.0 Å². The van der Waals surface area contributed by atoms with Gasteiger partial charge in [-0.25, -0.2) is 0 Å². The molecule has 0 fully saturated rings. The molecule has 0 N–H and O–H groups in total. The Labute approximate surface area is 372 Å². The molecule has 2 nitrogen and oxygen atoms in total. The Morgan fingerprint density at radius 1 is 0.375 bits per heavy atom. The molecule has 1 aliphatic heterocycles. The zero-order valence-corrected chi connectivity index (χ0v) is 35.3. The predicted octanol–water partition coefficient (Wildman–Crippen LogP) is 16.2. The second kappa shape index (κ2) is 13.8. The van der Waals surface area contributed by atoms with Crippen molar-refractivity contribution in [1.82, 2.24) is 9.13 Å². The van der Waals surface area contributed by atoms with E-state index >= 15 is 0 Å². The first kappa shape index (κ1) is 35.6. The first-order chi connectivity index (χ1) is 31.7. The van der Waals surface area contributed by atoms with Gasteiger partial charge in [-0.3, -0.25) is 0 Å². The molecular weight excluding hydrogens is 773 g/mol. The van der Waals surface area contributed by atoms with Gasteiger partial charge in [0.2, 0.25) is 0 Å². The van der Waals surface area contributed by atoms with Crippen LogP contribution < -0.4 is 0 Å². The lowest BCUT2D eigenvalue weighted by Crippen LogP contribution is -2.12. The van der Waals surface area contributed by atoms with Crippen LogP contribution in [0.5, 0.6) is 0 Å². The molecule has 0 amide bonds. The molecule has 0 bridgehead atoms. The van der Waals surface area contributed by atoms with E-state index in [4.69, 9.17) is 0 Å². The summed E-state index contributed by atoms with van der Waals surface area (Å²) >= 11 is 0. The van der Waals surface area contributed by atoms with Gasteiger partial charge in [0.15, 0.2) is 0 Å². The summed E-state index contributed by atoms with van der Waals surface area (Å²) in [4.78, 5) is 0. The summed E-state index contributed by atoms with van der Waals surface area (Å²) < 4.78 is 4.96. The highest BCUT2D eigenvalue weighted by molar-refractivity contribution is 6.16. The van der Waals surface area contributed by atoms with E-state index in [0.29, 0.717) is 0 Å². The van der Waals surface area contributed by atoms with Crippen molar-refractivity contribution in [3.05, 3.63) is 240 Å². The third-order valence-corrected chi connectivity index (χ3v) is 14.4. The summed E-state index contributed by atoms with van der Waals surface area (Å²) in [5.41, 5.74) is 24.8. The number of hydrogen-bond donors (Lipinski definition) is 0. The van der Waals surface area contributed by atoms with Gasteiger partial charge in [-0.1, -0.05) is 152 Å². The van der Waals surface area contributed by atoms with E-state index in [1.807, 2.05) is 0 Å². The van der Waals surface area contributed by atoms with Gasteiger partial charge in [-0.2, -0.15) is 0 Å². The standard InChI is InChI=1S/C62H42N2/c1-3-14-39(15-4-1)46-36-56-48-21-8-7-16-45(48)38-63-58-30-27-42(35-55(58)57(37-46)62(56)63)40-17-13-18-44(32-40)61-51-24-10-9-22-49(51)53-33-41(26-29-52(53)61)43-28-31-60-54(34-43)50-23-11-12-25-59(50)64(60)47-19-5-2-6-20-47/h1-6,9-37,61H,7-8,38H2. The number of aromatic nitrogens is 2. The summed E-state index contributed by atoms with van der Waals surface area (Å²) in [7, 11) is 0. The number of nitrogens with zero attached hydrogens (tertiary/aromatic N) is 2. The van der Waals surface area contributed by atoms with Gasteiger partial charge in [0.25, 0.3) is 0 Å². The number of hydrogen-bond acceptors (Lipinski definition) is 0. The van der Waals surface area contributed by atoms with Crippen LogP contribution in [0.4, 0.5) is 0 Å². The fourth-order valence-corrected chi connectivity index (χ4v) is 11.6. The number of rotatable bonds is 5. The predicted molar refractivity (Wildman–Crippen MR) is 268 cm³/mol. The lowest BCUT2D eigenvalue weighted by atomic mass is 9.86. The SMILES string of the molecule is C1=C2Cn3c4ccc(-c5cccc(C6c7ccccc7-c7cc(-c8ccc9c(c8)c8ccccc8n9-c8ccccc8)ccc76)c5)cc4c4cc(-c5ccccc5)cc(c43)C2=CCC1. The molecule has 0 saturated heterocycles. The molecule has 9 aromatic carbocycles. The molecule has 2 heteroatoms. The monoisotopic (exact) mass is 814 g/mol. The molecule has 0 saturated carbocycles. The van der Waals surface area contributed by atoms with Crippen molar-refractivity contribution in [2.45, 2.75) is 25.3 Å². The number of fused-ring (bicyclic) bond motifs is 11. The smallest absolute Gasteiger partial charge is 0.0574 e. The highest BCUT2D eigenvalue weighted by Gasteiger charge is 2.31. The topological polar surface area (TPSA) is 9.86 Å². The van der Waals surface area contributed by atoms with Crippen LogP contribution in [0.15, 0.2) is 218 Å². The van der Waals surface area contributed by atoms with E-state index in [9.17, 15) is 0 Å². The van der Waals surface area contributed by atoms with Gasteiger partial charge in [0.05, 0.1) is 16.6 Å². The average Bonchev–Trinajstić information content (AvgIpc) is 3.99. The van der Waals surface area contributed by atoms with Gasteiger partial charge in [-0.15, -0.1) is 0 Å². The van der Waals surface area contributed by atoms with E-state index in [1.54, 1.807) is 0 Å². The summed E-state index contributed by atoms with van der Waals surface area (Å²) in [6.07, 6.45) is 7.16. The van der Waals surface area contributed by atoms with E-state index in [1.165, 1.54) is 127 Å². The maximum atomic E-state index is 2.57. The minimum atomic E-state index is 0.146. The van der Waals surface area contributed by atoms with Crippen LogP contribution >= 0.6 is 0 Å². The molecule has 2 aromatic heterocycles. The lowest BCUT2D eigenvalue weighted by molar-refractivity contribution is 0.837. The number of para-hydroxylation sites is 2. The molecule has 0 spiro atoms. The van der Waals surface area contributed by atoms with Crippen LogP contribution in [-0.4, -0.2) is 9.13 Å². The van der Waals surface area contributed by atoms with Crippen molar-refractivity contribution < 1.29 is 0 Å². The molecule has 3 heterocycles. The average molecular weight is 815 g/mol. The molecule has 11 aromatic rings. The normalized spacial score (nSPS) is 15.0. The van der Waals surface area contributed by atoms with Crippen molar-refractivity contribution in [3.63, 3.8) is 0 Å². The number of allylic oxidation sites excluding steroid dienone is 4. The molecule has 14 rings (SSSR count).